The molecule has 2 fully saturated rings. The summed E-state index contributed by atoms with van der Waals surface area (Å²) < 4.78 is 5.36. The average Bonchev–Trinajstić information content (AvgIpc) is 2.69. The number of nitrogens with two attached hydrogens (primary N) is 1. The largest absolute Gasteiger partial charge is 0.444 e. The van der Waals surface area contributed by atoms with Crippen LogP contribution in [-0.2, 0) is 14.3 Å². The molecule has 0 aromatic heterocycles. The Kier molecular flexibility index (Phi) is 7.75. The van der Waals surface area contributed by atoms with E-state index < -0.39 is 29.7 Å². The first kappa shape index (κ1) is 24.3. The van der Waals surface area contributed by atoms with Gasteiger partial charge in [-0.25, -0.2) is 9.59 Å². The fourth-order valence-electron chi connectivity index (χ4n) is 3.62. The normalized spacial score (nSPS) is 21.3. The van der Waals surface area contributed by atoms with Crippen LogP contribution in [0, 0.1) is 5.92 Å². The predicted molar refractivity (Wildman–Crippen MR) is 114 cm³/mol. The fraction of sp³-hybridized carbons (Fsp3) is 0.700. The molecule has 0 aromatic rings. The van der Waals surface area contributed by atoms with Crippen molar-refractivity contribution in [3.05, 3.63) is 12.4 Å². The van der Waals surface area contributed by atoms with E-state index in [0.29, 0.717) is 38.3 Å². The van der Waals surface area contributed by atoms with Gasteiger partial charge in [-0.15, -0.1) is 0 Å². The summed E-state index contributed by atoms with van der Waals surface area (Å²) in [7, 11) is 1.48. The summed E-state index contributed by atoms with van der Waals surface area (Å²) in [5.41, 5.74) is 4.86. The molecule has 31 heavy (non-hydrogen) atoms. The van der Waals surface area contributed by atoms with Crippen LogP contribution >= 0.6 is 0 Å². The first-order valence-corrected chi connectivity index (χ1v) is 10.5. The summed E-state index contributed by atoms with van der Waals surface area (Å²) >= 11 is 0. The van der Waals surface area contributed by atoms with Gasteiger partial charge < -0.3 is 30.9 Å². The molecule has 0 radical (unpaired) electrons. The SMILES string of the molecule is C=C(N)NCCCC1C(=O)N(C(=O)N2CCN(C(=O)OC(C)(C)C)CC2)C1C(=O)NC. The van der Waals surface area contributed by atoms with Gasteiger partial charge in [0.25, 0.3) is 0 Å². The van der Waals surface area contributed by atoms with Gasteiger partial charge in [0.15, 0.2) is 0 Å². The van der Waals surface area contributed by atoms with E-state index in [9.17, 15) is 19.2 Å². The zero-order chi connectivity index (χ0) is 23.3. The Balaban J connectivity index is 1.94. The Morgan fingerprint density at radius 2 is 1.74 bits per heavy atom. The van der Waals surface area contributed by atoms with Gasteiger partial charge in [0, 0.05) is 39.8 Å². The van der Waals surface area contributed by atoms with Gasteiger partial charge in [0.05, 0.1) is 11.7 Å². The van der Waals surface area contributed by atoms with E-state index in [4.69, 9.17) is 10.5 Å². The van der Waals surface area contributed by atoms with Crippen LogP contribution in [0.4, 0.5) is 9.59 Å². The summed E-state index contributed by atoms with van der Waals surface area (Å²) in [6, 6.07) is -1.35. The van der Waals surface area contributed by atoms with E-state index >= 15 is 0 Å². The number of urea groups is 1. The molecule has 0 bridgehead atoms. The van der Waals surface area contributed by atoms with Crippen molar-refractivity contribution in [1.82, 2.24) is 25.3 Å². The van der Waals surface area contributed by atoms with Crippen molar-refractivity contribution in [2.45, 2.75) is 45.3 Å². The number of likely N-dealkylation sites (tertiary alicyclic amines) is 1. The third-order valence-electron chi connectivity index (χ3n) is 5.18. The molecule has 0 aliphatic carbocycles. The van der Waals surface area contributed by atoms with Gasteiger partial charge in [-0.1, -0.05) is 6.58 Å². The van der Waals surface area contributed by atoms with Crippen LogP contribution < -0.4 is 16.4 Å². The molecule has 0 spiro atoms. The van der Waals surface area contributed by atoms with Crippen LogP contribution in [-0.4, -0.2) is 90.1 Å². The Labute approximate surface area is 182 Å². The van der Waals surface area contributed by atoms with Crippen LogP contribution in [0.25, 0.3) is 0 Å². The van der Waals surface area contributed by atoms with E-state index in [-0.39, 0.29) is 24.9 Å². The number of ether oxygens (including phenoxy) is 1. The maximum Gasteiger partial charge on any atom is 0.410 e. The van der Waals surface area contributed by atoms with E-state index in [1.807, 2.05) is 0 Å². The molecule has 174 valence electrons. The molecule has 0 aromatic carbocycles. The third-order valence-corrected chi connectivity index (χ3v) is 5.18. The van der Waals surface area contributed by atoms with E-state index in [2.05, 4.69) is 17.2 Å². The second-order valence-corrected chi connectivity index (χ2v) is 8.71. The topological polar surface area (TPSA) is 137 Å². The quantitative estimate of drug-likeness (QED) is 0.393. The highest BCUT2D eigenvalue weighted by Gasteiger charge is 2.54. The minimum atomic E-state index is -0.838. The Bertz CT molecular complexity index is 726. The second-order valence-electron chi connectivity index (χ2n) is 8.71. The van der Waals surface area contributed by atoms with Gasteiger partial charge in [-0.2, -0.15) is 0 Å². The first-order chi connectivity index (χ1) is 14.5. The lowest BCUT2D eigenvalue weighted by atomic mass is 9.83. The van der Waals surface area contributed by atoms with Crippen LogP contribution in [0.3, 0.4) is 0 Å². The number of carbonyl (C=O) groups is 4. The lowest BCUT2D eigenvalue weighted by molar-refractivity contribution is -0.158. The Morgan fingerprint density at radius 1 is 1.16 bits per heavy atom. The van der Waals surface area contributed by atoms with Crippen molar-refractivity contribution in [2.75, 3.05) is 39.8 Å². The highest BCUT2D eigenvalue weighted by molar-refractivity contribution is 6.08. The standard InChI is InChI=1S/C20H34N6O5/c1-13(21)23-8-6-7-14-15(16(27)22-5)26(17(14)28)18(29)24-9-11-25(12-10-24)19(30)31-20(2,3)4/h14-15,23H,1,6-12,21H2,2-5H3,(H,22,27). The Hall–Kier alpha value is -2.98. The van der Waals surface area contributed by atoms with E-state index in [1.54, 1.807) is 20.8 Å². The highest BCUT2D eigenvalue weighted by atomic mass is 16.6. The summed E-state index contributed by atoms with van der Waals surface area (Å²) in [5, 5.41) is 5.41. The van der Waals surface area contributed by atoms with E-state index in [0.717, 1.165) is 4.90 Å². The number of carbonyl (C=O) groups excluding carboxylic acids is 4. The molecular weight excluding hydrogens is 404 g/mol. The number of rotatable bonds is 6. The number of nitrogens with one attached hydrogen (secondary N) is 2. The zero-order valence-electron chi connectivity index (χ0n) is 18.8. The molecule has 2 heterocycles. The lowest BCUT2D eigenvalue weighted by Crippen LogP contribution is -2.70. The smallest absolute Gasteiger partial charge is 0.410 e. The molecule has 11 heteroatoms. The molecule has 2 saturated heterocycles. The van der Waals surface area contributed by atoms with Crippen molar-refractivity contribution < 1.29 is 23.9 Å². The van der Waals surface area contributed by atoms with Crippen molar-refractivity contribution >= 4 is 23.9 Å². The maximum atomic E-state index is 13.0. The molecule has 2 aliphatic rings. The van der Waals surface area contributed by atoms with Gasteiger partial charge in [0.2, 0.25) is 11.8 Å². The maximum absolute atomic E-state index is 13.0. The summed E-state index contributed by atoms with van der Waals surface area (Å²) in [4.78, 5) is 54.3. The highest BCUT2D eigenvalue weighted by Crippen LogP contribution is 2.32. The predicted octanol–water partition coefficient (Wildman–Crippen LogP) is 0.0318. The van der Waals surface area contributed by atoms with Gasteiger partial charge in [-0.3, -0.25) is 14.5 Å². The first-order valence-electron chi connectivity index (χ1n) is 10.5. The van der Waals surface area contributed by atoms with E-state index in [1.165, 1.54) is 16.8 Å². The molecule has 4 N–H and O–H groups in total. The summed E-state index contributed by atoms with van der Waals surface area (Å²) in [6.07, 6.45) is 0.626. The van der Waals surface area contributed by atoms with Crippen molar-refractivity contribution in [1.29, 1.82) is 0 Å². The number of piperazine rings is 1. The lowest BCUT2D eigenvalue weighted by Gasteiger charge is -2.47. The number of hydrogen-bond acceptors (Lipinski definition) is 7. The zero-order valence-corrected chi connectivity index (χ0v) is 18.8. The number of hydrogen-bond donors (Lipinski definition) is 3. The van der Waals surface area contributed by atoms with Crippen LogP contribution in [0.5, 0.6) is 0 Å². The summed E-state index contributed by atoms with van der Waals surface area (Å²) in [6.45, 7) is 10.6. The molecule has 5 amide bonds. The van der Waals surface area contributed by atoms with Crippen LogP contribution in [0.15, 0.2) is 12.4 Å². The molecule has 2 rings (SSSR count). The van der Waals surface area contributed by atoms with Gasteiger partial charge in [0.1, 0.15) is 11.6 Å². The Morgan fingerprint density at radius 3 is 2.26 bits per heavy atom. The van der Waals surface area contributed by atoms with Gasteiger partial charge >= 0.3 is 12.1 Å². The molecule has 2 atom stereocenters. The molecule has 2 unspecified atom stereocenters. The molecule has 11 nitrogen and oxygen atoms in total. The number of amides is 5. The number of likely N-dealkylation sites (N-methyl/N-ethyl adjacent to an activating group) is 1. The molecular formula is C20H34N6O5. The second kappa shape index (κ2) is 9.88. The minimum absolute atomic E-state index is 0.259. The molecule has 2 aliphatic heterocycles. The fourth-order valence-corrected chi connectivity index (χ4v) is 3.62. The average molecular weight is 439 g/mol. The number of β-lactam (4-membered cyclic amide) rings is 1. The minimum Gasteiger partial charge on any atom is -0.444 e. The van der Waals surface area contributed by atoms with Crippen LogP contribution in [0.2, 0.25) is 0 Å². The number of nitrogens with zero attached hydrogens (tertiary/aromatic N) is 3. The molecule has 0 saturated carbocycles. The van der Waals surface area contributed by atoms with Gasteiger partial charge in [-0.05, 0) is 33.6 Å². The van der Waals surface area contributed by atoms with Crippen LogP contribution in [0.1, 0.15) is 33.6 Å². The summed E-state index contributed by atoms with van der Waals surface area (Å²) in [5.74, 6) is -0.953. The number of imide groups is 1. The van der Waals surface area contributed by atoms with Crippen molar-refractivity contribution in [3.63, 3.8) is 0 Å². The van der Waals surface area contributed by atoms with Crippen molar-refractivity contribution in [3.8, 4) is 0 Å². The van der Waals surface area contributed by atoms with Crippen molar-refractivity contribution in [2.24, 2.45) is 11.7 Å². The monoisotopic (exact) mass is 438 g/mol. The third kappa shape index (κ3) is 6.02.